The van der Waals surface area contributed by atoms with Crippen LogP contribution >= 0.6 is 0 Å². The number of ether oxygens (including phenoxy) is 1. The van der Waals surface area contributed by atoms with Crippen molar-refractivity contribution in [1.29, 1.82) is 0 Å². The van der Waals surface area contributed by atoms with E-state index in [9.17, 15) is 18.8 Å². The monoisotopic (exact) mass is 411 g/mol. The molecule has 0 radical (unpaired) electrons. The lowest BCUT2D eigenvalue weighted by atomic mass is 9.79. The molecule has 0 spiro atoms. The molecule has 2 fully saturated rings. The van der Waals surface area contributed by atoms with E-state index in [1.54, 1.807) is 0 Å². The van der Waals surface area contributed by atoms with E-state index in [4.69, 9.17) is 4.74 Å². The van der Waals surface area contributed by atoms with E-state index in [1.807, 2.05) is 30.3 Å². The largest absolute Gasteiger partial charge is 0.468 e. The predicted molar refractivity (Wildman–Crippen MR) is 108 cm³/mol. The zero-order valence-corrected chi connectivity index (χ0v) is 16.6. The van der Waals surface area contributed by atoms with Gasteiger partial charge in [0.2, 0.25) is 0 Å². The molecule has 2 aromatic carbocycles. The summed E-state index contributed by atoms with van der Waals surface area (Å²) in [6, 6.07) is 12.9. The summed E-state index contributed by atoms with van der Waals surface area (Å²) in [7, 11) is 1.32. The Morgan fingerprint density at radius 3 is 2.57 bits per heavy atom. The van der Waals surface area contributed by atoms with Gasteiger partial charge in [0.25, 0.3) is 5.91 Å². The summed E-state index contributed by atoms with van der Waals surface area (Å²) in [5.41, 5.74) is 0.0986. The number of likely N-dealkylation sites (tertiary alicyclic amines) is 1. The van der Waals surface area contributed by atoms with Gasteiger partial charge >= 0.3 is 12.0 Å². The van der Waals surface area contributed by atoms with Crippen LogP contribution in [0.2, 0.25) is 0 Å². The molecule has 2 aromatic rings. The number of nitrogens with one attached hydrogen (secondary N) is 1. The molecule has 0 unspecified atom stereocenters. The fraction of sp³-hybridized carbons (Fsp3) is 0.318. The van der Waals surface area contributed by atoms with Crippen molar-refractivity contribution in [2.75, 3.05) is 38.2 Å². The second kappa shape index (κ2) is 7.78. The molecule has 30 heavy (non-hydrogen) atoms. The van der Waals surface area contributed by atoms with Crippen LogP contribution in [0, 0.1) is 5.82 Å². The smallest absolute Gasteiger partial charge is 0.321 e. The van der Waals surface area contributed by atoms with E-state index in [2.05, 4.69) is 5.32 Å². The van der Waals surface area contributed by atoms with Crippen LogP contribution < -0.4 is 10.2 Å². The number of urea groups is 1. The number of amides is 3. The van der Waals surface area contributed by atoms with Crippen molar-refractivity contribution in [3.8, 4) is 0 Å². The van der Waals surface area contributed by atoms with Gasteiger partial charge in [0.05, 0.1) is 12.7 Å². The minimum absolute atomic E-state index is 0.0936. The molecule has 0 saturated carbocycles. The van der Waals surface area contributed by atoms with Crippen molar-refractivity contribution in [3.05, 3.63) is 65.5 Å². The van der Waals surface area contributed by atoms with Gasteiger partial charge in [0, 0.05) is 31.9 Å². The highest BCUT2D eigenvalue weighted by Crippen LogP contribution is 2.37. The van der Waals surface area contributed by atoms with Gasteiger partial charge in [0.15, 0.2) is 0 Å². The van der Waals surface area contributed by atoms with Crippen LogP contribution in [0.15, 0.2) is 48.5 Å². The first-order valence-electron chi connectivity index (χ1n) is 9.74. The third kappa shape index (κ3) is 3.28. The van der Waals surface area contributed by atoms with E-state index in [0.717, 1.165) is 5.56 Å². The summed E-state index contributed by atoms with van der Waals surface area (Å²) < 4.78 is 19.6. The Kier molecular flexibility index (Phi) is 5.15. The van der Waals surface area contributed by atoms with Gasteiger partial charge < -0.3 is 15.0 Å². The Balaban J connectivity index is 1.63. The number of benzene rings is 2. The van der Waals surface area contributed by atoms with E-state index < -0.39 is 23.1 Å². The van der Waals surface area contributed by atoms with Crippen molar-refractivity contribution in [2.45, 2.75) is 11.8 Å². The summed E-state index contributed by atoms with van der Waals surface area (Å²) >= 11 is 0. The molecule has 2 aliphatic heterocycles. The highest BCUT2D eigenvalue weighted by Gasteiger charge is 2.48. The van der Waals surface area contributed by atoms with Gasteiger partial charge in [-0.05, 0) is 30.2 Å². The van der Waals surface area contributed by atoms with E-state index in [-0.39, 0.29) is 24.7 Å². The SMILES string of the molecule is COC(=O)[C@]1(c2ccccc2)CCN(C(=O)c2cc(N3CCNC3=O)ccc2F)C1. The highest BCUT2D eigenvalue weighted by molar-refractivity contribution is 5.99. The summed E-state index contributed by atoms with van der Waals surface area (Å²) in [6.07, 6.45) is 0.380. The normalized spacial score (nSPS) is 20.9. The van der Waals surface area contributed by atoms with Gasteiger partial charge in [-0.25, -0.2) is 9.18 Å². The van der Waals surface area contributed by atoms with Gasteiger partial charge in [-0.3, -0.25) is 14.5 Å². The first kappa shape index (κ1) is 19.9. The number of halogens is 1. The van der Waals surface area contributed by atoms with Gasteiger partial charge in [-0.15, -0.1) is 0 Å². The number of esters is 1. The maximum atomic E-state index is 14.5. The van der Waals surface area contributed by atoms with Gasteiger partial charge in [0.1, 0.15) is 11.2 Å². The quantitative estimate of drug-likeness (QED) is 0.784. The molecule has 0 aromatic heterocycles. The molecule has 0 bridgehead atoms. The number of rotatable bonds is 4. The molecule has 3 amide bonds. The van der Waals surface area contributed by atoms with Gasteiger partial charge in [-0.1, -0.05) is 30.3 Å². The number of methoxy groups -OCH3 is 1. The van der Waals surface area contributed by atoms with E-state index in [1.165, 1.54) is 35.1 Å². The van der Waals surface area contributed by atoms with E-state index in [0.29, 0.717) is 25.2 Å². The minimum atomic E-state index is -0.991. The topological polar surface area (TPSA) is 79.0 Å². The van der Waals surface area contributed by atoms with Crippen molar-refractivity contribution in [3.63, 3.8) is 0 Å². The van der Waals surface area contributed by atoms with Crippen molar-refractivity contribution >= 4 is 23.6 Å². The number of anilines is 1. The average molecular weight is 411 g/mol. The Morgan fingerprint density at radius 2 is 1.90 bits per heavy atom. The highest BCUT2D eigenvalue weighted by atomic mass is 19.1. The molecule has 7 nitrogen and oxygen atoms in total. The molecular weight excluding hydrogens is 389 g/mol. The third-order valence-electron chi connectivity index (χ3n) is 5.81. The molecule has 4 rings (SSSR count). The van der Waals surface area contributed by atoms with Crippen LogP contribution in [-0.4, -0.2) is 56.1 Å². The molecular formula is C22H22FN3O4. The van der Waals surface area contributed by atoms with E-state index >= 15 is 0 Å². The fourth-order valence-electron chi connectivity index (χ4n) is 4.19. The Bertz CT molecular complexity index is 997. The number of hydrogen-bond acceptors (Lipinski definition) is 4. The lowest BCUT2D eigenvalue weighted by molar-refractivity contribution is -0.147. The molecule has 1 N–H and O–H groups in total. The summed E-state index contributed by atoms with van der Waals surface area (Å²) in [5, 5.41) is 2.68. The number of carbonyl (C=O) groups excluding carboxylic acids is 3. The zero-order valence-electron chi connectivity index (χ0n) is 16.6. The maximum absolute atomic E-state index is 14.5. The standard InChI is InChI=1S/C22H22FN3O4/c1-30-20(28)22(15-5-3-2-4-6-15)9-11-25(14-22)19(27)17-13-16(7-8-18(17)23)26-12-10-24-21(26)29/h2-8,13H,9-12,14H2,1H3,(H,24,29)/t22-/m1/s1. The van der Waals surface area contributed by atoms with Crippen LogP contribution in [0.25, 0.3) is 0 Å². The second-order valence-corrected chi connectivity index (χ2v) is 7.46. The molecule has 0 aliphatic carbocycles. The second-order valence-electron chi connectivity index (χ2n) is 7.46. The van der Waals surface area contributed by atoms with Crippen LogP contribution in [0.4, 0.5) is 14.9 Å². The van der Waals surface area contributed by atoms with Crippen LogP contribution in [-0.2, 0) is 14.9 Å². The molecule has 2 saturated heterocycles. The predicted octanol–water partition coefficient (Wildman–Crippen LogP) is 2.31. The molecule has 2 aliphatic rings. The molecule has 1 atom stereocenters. The average Bonchev–Trinajstić information content (AvgIpc) is 3.41. The minimum Gasteiger partial charge on any atom is -0.468 e. The summed E-state index contributed by atoms with van der Waals surface area (Å²) in [5.74, 6) is -1.61. The zero-order chi connectivity index (χ0) is 21.3. The maximum Gasteiger partial charge on any atom is 0.321 e. The molecule has 8 heteroatoms. The lowest BCUT2D eigenvalue weighted by Crippen LogP contribution is -2.41. The summed E-state index contributed by atoms with van der Waals surface area (Å²) in [4.78, 5) is 40.7. The Hall–Kier alpha value is -3.42. The lowest BCUT2D eigenvalue weighted by Gasteiger charge is -2.27. The third-order valence-corrected chi connectivity index (χ3v) is 5.81. The molecule has 156 valence electrons. The van der Waals surface area contributed by atoms with Gasteiger partial charge in [-0.2, -0.15) is 0 Å². The van der Waals surface area contributed by atoms with Crippen molar-refractivity contribution < 1.29 is 23.5 Å². The van der Waals surface area contributed by atoms with Crippen LogP contribution in [0.5, 0.6) is 0 Å². The van der Waals surface area contributed by atoms with Crippen molar-refractivity contribution in [2.24, 2.45) is 0 Å². The summed E-state index contributed by atoms with van der Waals surface area (Å²) in [6.45, 7) is 1.32. The van der Waals surface area contributed by atoms with Crippen LogP contribution in [0.3, 0.4) is 0 Å². The number of nitrogens with zero attached hydrogens (tertiary/aromatic N) is 2. The number of carbonyl (C=O) groups is 3. The first-order valence-corrected chi connectivity index (χ1v) is 9.74. The van der Waals surface area contributed by atoms with Crippen LogP contribution in [0.1, 0.15) is 22.3 Å². The Morgan fingerprint density at radius 1 is 1.13 bits per heavy atom. The Labute approximate surface area is 173 Å². The fourth-order valence-corrected chi connectivity index (χ4v) is 4.19. The van der Waals surface area contributed by atoms with Crippen molar-refractivity contribution in [1.82, 2.24) is 10.2 Å². The first-order chi connectivity index (χ1) is 14.5. The molecule has 2 heterocycles. The number of hydrogen-bond donors (Lipinski definition) is 1.